The molecular formula is C14H19ClN2O2. The summed E-state index contributed by atoms with van der Waals surface area (Å²) in [7, 11) is 0. The van der Waals surface area contributed by atoms with Crippen LogP contribution in [0.4, 0.5) is 0 Å². The minimum absolute atomic E-state index is 0.0336. The quantitative estimate of drug-likeness (QED) is 0.863. The van der Waals surface area contributed by atoms with E-state index < -0.39 is 0 Å². The molecule has 19 heavy (non-hydrogen) atoms. The molecule has 0 unspecified atom stereocenters. The zero-order chi connectivity index (χ0) is 13.1. The van der Waals surface area contributed by atoms with E-state index in [1.54, 1.807) is 0 Å². The average Bonchev–Trinajstić information content (AvgIpc) is 2.86. The Morgan fingerprint density at radius 1 is 1.42 bits per heavy atom. The van der Waals surface area contributed by atoms with Crippen LogP contribution in [0.15, 0.2) is 18.3 Å². The van der Waals surface area contributed by atoms with Gasteiger partial charge in [-0.2, -0.15) is 0 Å². The van der Waals surface area contributed by atoms with E-state index in [0.29, 0.717) is 11.2 Å². The van der Waals surface area contributed by atoms with Gasteiger partial charge in [0.15, 0.2) is 0 Å². The van der Waals surface area contributed by atoms with Gasteiger partial charge in [0, 0.05) is 38.4 Å². The van der Waals surface area contributed by atoms with Crippen molar-refractivity contribution in [2.75, 3.05) is 19.8 Å². The Kier molecular flexibility index (Phi) is 4.03. The van der Waals surface area contributed by atoms with Crippen molar-refractivity contribution in [2.45, 2.75) is 37.5 Å². The Hall–Kier alpha value is -0.680. The molecule has 104 valence electrons. The number of rotatable bonds is 3. The molecule has 4 nitrogen and oxygen atoms in total. The standard InChI is InChI=1S/C14H19ClN2O2/c15-13-2-1-11(9-17-13)8-16-12-3-5-19-14(7-12)4-6-18-10-14/h1-2,9,12,16H,3-8,10H2/t12-,14+/m1/s1. The third kappa shape index (κ3) is 3.26. The van der Waals surface area contributed by atoms with Gasteiger partial charge in [-0.05, 0) is 24.5 Å². The molecule has 0 aromatic carbocycles. The lowest BCUT2D eigenvalue weighted by Gasteiger charge is -2.37. The largest absolute Gasteiger partial charge is 0.378 e. The number of pyridine rings is 1. The molecule has 2 saturated heterocycles. The van der Waals surface area contributed by atoms with Crippen LogP contribution in [0.25, 0.3) is 0 Å². The Morgan fingerprint density at radius 2 is 2.37 bits per heavy atom. The van der Waals surface area contributed by atoms with Crippen LogP contribution in [0.1, 0.15) is 24.8 Å². The lowest BCUT2D eigenvalue weighted by atomic mass is 9.89. The summed E-state index contributed by atoms with van der Waals surface area (Å²) in [6.07, 6.45) is 4.94. The van der Waals surface area contributed by atoms with Crippen molar-refractivity contribution in [2.24, 2.45) is 0 Å². The van der Waals surface area contributed by atoms with Crippen molar-refractivity contribution in [1.82, 2.24) is 10.3 Å². The minimum atomic E-state index is -0.0336. The van der Waals surface area contributed by atoms with Gasteiger partial charge < -0.3 is 14.8 Å². The molecule has 3 heterocycles. The number of halogens is 1. The number of ether oxygens (including phenoxy) is 2. The molecule has 1 aromatic rings. The topological polar surface area (TPSA) is 43.4 Å². The number of hydrogen-bond donors (Lipinski definition) is 1. The molecule has 5 heteroatoms. The van der Waals surface area contributed by atoms with Gasteiger partial charge in [-0.15, -0.1) is 0 Å². The Labute approximate surface area is 118 Å². The summed E-state index contributed by atoms with van der Waals surface area (Å²) in [6, 6.07) is 4.33. The second-order valence-electron chi connectivity index (χ2n) is 5.39. The van der Waals surface area contributed by atoms with Crippen molar-refractivity contribution in [3.8, 4) is 0 Å². The van der Waals surface area contributed by atoms with E-state index in [1.165, 1.54) is 0 Å². The highest BCUT2D eigenvalue weighted by Crippen LogP contribution is 2.32. The van der Waals surface area contributed by atoms with Gasteiger partial charge >= 0.3 is 0 Å². The number of nitrogens with zero attached hydrogens (tertiary/aromatic N) is 1. The molecule has 0 radical (unpaired) electrons. The number of hydrogen-bond acceptors (Lipinski definition) is 4. The highest BCUT2D eigenvalue weighted by atomic mass is 35.5. The fraction of sp³-hybridized carbons (Fsp3) is 0.643. The van der Waals surface area contributed by atoms with Gasteiger partial charge in [0.05, 0.1) is 12.2 Å². The summed E-state index contributed by atoms with van der Waals surface area (Å²) < 4.78 is 11.4. The zero-order valence-corrected chi connectivity index (χ0v) is 11.7. The lowest BCUT2D eigenvalue weighted by molar-refractivity contribution is -0.0894. The monoisotopic (exact) mass is 282 g/mol. The fourth-order valence-corrected chi connectivity index (χ4v) is 2.95. The Balaban J connectivity index is 1.53. The first-order valence-electron chi connectivity index (χ1n) is 6.81. The summed E-state index contributed by atoms with van der Waals surface area (Å²) in [5.74, 6) is 0. The maximum atomic E-state index is 5.93. The average molecular weight is 283 g/mol. The molecule has 1 aromatic heterocycles. The first-order valence-corrected chi connectivity index (χ1v) is 7.19. The van der Waals surface area contributed by atoms with E-state index in [0.717, 1.165) is 51.2 Å². The van der Waals surface area contributed by atoms with Crippen LogP contribution in [0.3, 0.4) is 0 Å². The molecule has 2 aliphatic rings. The summed E-state index contributed by atoms with van der Waals surface area (Å²) in [5.41, 5.74) is 1.13. The van der Waals surface area contributed by atoms with Crippen LogP contribution in [0.2, 0.25) is 5.15 Å². The van der Waals surface area contributed by atoms with Crippen molar-refractivity contribution < 1.29 is 9.47 Å². The molecular weight excluding hydrogens is 264 g/mol. The third-order valence-corrected chi connectivity index (χ3v) is 4.17. The molecule has 0 amide bonds. The first-order chi connectivity index (χ1) is 9.26. The Morgan fingerprint density at radius 3 is 3.11 bits per heavy atom. The van der Waals surface area contributed by atoms with Gasteiger partial charge in [0.2, 0.25) is 0 Å². The van der Waals surface area contributed by atoms with Crippen LogP contribution in [0.5, 0.6) is 0 Å². The van der Waals surface area contributed by atoms with Crippen LogP contribution in [0, 0.1) is 0 Å². The van der Waals surface area contributed by atoms with E-state index in [2.05, 4.69) is 10.3 Å². The number of nitrogens with one attached hydrogen (secondary N) is 1. The predicted molar refractivity (Wildman–Crippen MR) is 73.2 cm³/mol. The zero-order valence-electron chi connectivity index (χ0n) is 10.9. The number of aromatic nitrogens is 1. The Bertz CT molecular complexity index is 418. The molecule has 1 N–H and O–H groups in total. The van der Waals surface area contributed by atoms with Crippen molar-refractivity contribution >= 4 is 11.6 Å². The molecule has 1 spiro atoms. The van der Waals surface area contributed by atoms with Crippen LogP contribution in [-0.4, -0.2) is 36.4 Å². The maximum Gasteiger partial charge on any atom is 0.129 e. The molecule has 2 fully saturated rings. The summed E-state index contributed by atoms with van der Waals surface area (Å²) in [5, 5.41) is 4.13. The van der Waals surface area contributed by atoms with E-state index in [1.807, 2.05) is 18.3 Å². The van der Waals surface area contributed by atoms with Gasteiger partial charge in [0.25, 0.3) is 0 Å². The fourth-order valence-electron chi connectivity index (χ4n) is 2.84. The van der Waals surface area contributed by atoms with Gasteiger partial charge in [0.1, 0.15) is 5.15 Å². The predicted octanol–water partition coefficient (Wildman–Crippen LogP) is 2.16. The van der Waals surface area contributed by atoms with Crippen molar-refractivity contribution in [1.29, 1.82) is 0 Å². The smallest absolute Gasteiger partial charge is 0.129 e. The first kappa shape index (κ1) is 13.3. The molecule has 3 rings (SSSR count). The van der Waals surface area contributed by atoms with Crippen LogP contribution < -0.4 is 5.32 Å². The minimum Gasteiger partial charge on any atom is -0.378 e. The van der Waals surface area contributed by atoms with E-state index in [9.17, 15) is 0 Å². The molecule has 0 saturated carbocycles. The van der Waals surface area contributed by atoms with Gasteiger partial charge in [-0.1, -0.05) is 17.7 Å². The summed E-state index contributed by atoms with van der Waals surface area (Å²) >= 11 is 5.78. The second-order valence-corrected chi connectivity index (χ2v) is 5.78. The van der Waals surface area contributed by atoms with E-state index in [-0.39, 0.29) is 5.60 Å². The van der Waals surface area contributed by atoms with E-state index in [4.69, 9.17) is 21.1 Å². The highest BCUT2D eigenvalue weighted by Gasteiger charge is 2.40. The van der Waals surface area contributed by atoms with Gasteiger partial charge in [-0.25, -0.2) is 4.98 Å². The highest BCUT2D eigenvalue weighted by molar-refractivity contribution is 6.29. The van der Waals surface area contributed by atoms with Crippen molar-refractivity contribution in [3.63, 3.8) is 0 Å². The van der Waals surface area contributed by atoms with Crippen LogP contribution in [-0.2, 0) is 16.0 Å². The molecule has 0 aliphatic carbocycles. The van der Waals surface area contributed by atoms with Crippen LogP contribution >= 0.6 is 11.6 Å². The second kappa shape index (κ2) is 5.75. The van der Waals surface area contributed by atoms with E-state index >= 15 is 0 Å². The summed E-state index contributed by atoms with van der Waals surface area (Å²) in [4.78, 5) is 4.09. The molecule has 2 aliphatic heterocycles. The van der Waals surface area contributed by atoms with Gasteiger partial charge in [-0.3, -0.25) is 0 Å². The normalized spacial score (nSPS) is 30.9. The third-order valence-electron chi connectivity index (χ3n) is 3.94. The van der Waals surface area contributed by atoms with Crippen molar-refractivity contribution in [3.05, 3.63) is 29.0 Å². The summed E-state index contributed by atoms with van der Waals surface area (Å²) in [6.45, 7) is 3.22. The lowest BCUT2D eigenvalue weighted by Crippen LogP contribution is -2.47. The maximum absolute atomic E-state index is 5.93. The SMILES string of the molecule is Clc1ccc(CN[C@@H]2CCO[C@@]3(CCOC3)C2)cn1. The molecule has 0 bridgehead atoms. The molecule has 2 atom stereocenters.